The highest BCUT2D eigenvalue weighted by molar-refractivity contribution is 6.35. The number of nitrogens with zero attached hydrogens (tertiary/aromatic N) is 2. The van der Waals surface area contributed by atoms with E-state index in [0.717, 1.165) is 22.4 Å². The van der Waals surface area contributed by atoms with Gasteiger partial charge in [0.1, 0.15) is 0 Å². The van der Waals surface area contributed by atoms with Gasteiger partial charge in [-0.15, -0.1) is 0 Å². The molecule has 1 aliphatic heterocycles. The molecule has 1 aliphatic rings. The van der Waals surface area contributed by atoms with Crippen LogP contribution in [0.4, 0.5) is 5.69 Å². The van der Waals surface area contributed by atoms with Gasteiger partial charge in [0, 0.05) is 36.9 Å². The average Bonchev–Trinajstić information content (AvgIpc) is 2.69. The summed E-state index contributed by atoms with van der Waals surface area (Å²) in [6.07, 6.45) is 0. The van der Waals surface area contributed by atoms with E-state index in [4.69, 9.17) is 0 Å². The SMILES string of the molecule is Cc1cccc(NC(=O)c2ccc(CN3CCN(C(C)C)C(=O)C3=O)cc2)c1C. The predicted octanol–water partition coefficient (Wildman–Crippen LogP) is 3.13. The van der Waals surface area contributed by atoms with E-state index in [1.54, 1.807) is 21.9 Å². The molecule has 3 amide bonds. The van der Waals surface area contributed by atoms with Crippen molar-refractivity contribution in [2.75, 3.05) is 18.4 Å². The largest absolute Gasteiger partial charge is 0.330 e. The van der Waals surface area contributed by atoms with Gasteiger partial charge in [-0.3, -0.25) is 14.4 Å². The normalized spacial score (nSPS) is 14.5. The van der Waals surface area contributed by atoms with Crippen molar-refractivity contribution in [2.45, 2.75) is 40.3 Å². The zero-order valence-electron chi connectivity index (χ0n) is 17.4. The lowest BCUT2D eigenvalue weighted by molar-refractivity contribution is -0.157. The Morgan fingerprint density at radius 3 is 2.34 bits per heavy atom. The minimum absolute atomic E-state index is 0.0171. The van der Waals surface area contributed by atoms with E-state index in [9.17, 15) is 14.4 Å². The van der Waals surface area contributed by atoms with E-state index in [1.807, 2.05) is 58.0 Å². The van der Waals surface area contributed by atoms with Crippen LogP contribution >= 0.6 is 0 Å². The number of piperazine rings is 1. The lowest BCUT2D eigenvalue weighted by Gasteiger charge is -2.36. The standard InChI is InChI=1S/C23H27N3O3/c1-15(2)26-13-12-25(22(28)23(26)29)14-18-8-10-19(11-9-18)21(27)24-20-7-5-6-16(3)17(20)4/h5-11,15H,12-14H2,1-4H3,(H,24,27). The van der Waals surface area contributed by atoms with E-state index in [0.29, 0.717) is 25.2 Å². The molecule has 1 heterocycles. The molecule has 0 bridgehead atoms. The van der Waals surface area contributed by atoms with Crippen molar-refractivity contribution in [3.8, 4) is 0 Å². The maximum atomic E-state index is 12.5. The lowest BCUT2D eigenvalue weighted by Crippen LogP contribution is -2.55. The van der Waals surface area contributed by atoms with Gasteiger partial charge in [0.2, 0.25) is 0 Å². The van der Waals surface area contributed by atoms with Gasteiger partial charge in [-0.05, 0) is 62.6 Å². The van der Waals surface area contributed by atoms with Crippen LogP contribution in [-0.2, 0) is 16.1 Å². The van der Waals surface area contributed by atoms with Crippen molar-refractivity contribution >= 4 is 23.4 Å². The summed E-state index contributed by atoms with van der Waals surface area (Å²) in [5.74, 6) is -1.10. The molecule has 0 atom stereocenters. The Bertz CT molecular complexity index is 935. The second kappa shape index (κ2) is 8.47. The van der Waals surface area contributed by atoms with Crippen LogP contribution in [0.1, 0.15) is 40.9 Å². The van der Waals surface area contributed by atoms with Gasteiger partial charge in [-0.1, -0.05) is 24.3 Å². The molecule has 6 heteroatoms. The summed E-state index contributed by atoms with van der Waals surface area (Å²) in [6.45, 7) is 9.20. The molecule has 6 nitrogen and oxygen atoms in total. The summed E-state index contributed by atoms with van der Waals surface area (Å²) in [5, 5.41) is 2.94. The zero-order valence-corrected chi connectivity index (χ0v) is 17.4. The molecule has 0 radical (unpaired) electrons. The highest BCUT2D eigenvalue weighted by atomic mass is 16.2. The molecule has 0 aromatic heterocycles. The van der Waals surface area contributed by atoms with Gasteiger partial charge < -0.3 is 15.1 Å². The summed E-state index contributed by atoms with van der Waals surface area (Å²) in [4.78, 5) is 40.3. The molecule has 0 saturated carbocycles. The molecule has 1 saturated heterocycles. The summed E-state index contributed by atoms with van der Waals surface area (Å²) in [7, 11) is 0. The van der Waals surface area contributed by atoms with Crippen LogP contribution in [0.2, 0.25) is 0 Å². The van der Waals surface area contributed by atoms with Crippen LogP contribution in [0.5, 0.6) is 0 Å². The number of carbonyl (C=O) groups is 3. The van der Waals surface area contributed by atoms with E-state index in [2.05, 4.69) is 5.32 Å². The van der Waals surface area contributed by atoms with Crippen LogP contribution in [0.3, 0.4) is 0 Å². The topological polar surface area (TPSA) is 69.7 Å². The van der Waals surface area contributed by atoms with Crippen molar-refractivity contribution in [2.24, 2.45) is 0 Å². The van der Waals surface area contributed by atoms with E-state index in [1.165, 1.54) is 0 Å². The molecular weight excluding hydrogens is 366 g/mol. The van der Waals surface area contributed by atoms with Gasteiger partial charge in [-0.25, -0.2) is 0 Å². The van der Waals surface area contributed by atoms with Gasteiger partial charge in [0.25, 0.3) is 5.91 Å². The first-order valence-corrected chi connectivity index (χ1v) is 9.84. The number of carbonyl (C=O) groups excluding carboxylic acids is 3. The van der Waals surface area contributed by atoms with Gasteiger partial charge in [0.05, 0.1) is 0 Å². The first-order chi connectivity index (χ1) is 13.8. The highest BCUT2D eigenvalue weighted by Gasteiger charge is 2.33. The molecule has 1 fully saturated rings. The predicted molar refractivity (Wildman–Crippen MR) is 113 cm³/mol. The molecule has 1 N–H and O–H groups in total. The Balaban J connectivity index is 1.64. The van der Waals surface area contributed by atoms with Crippen molar-refractivity contribution < 1.29 is 14.4 Å². The highest BCUT2D eigenvalue weighted by Crippen LogP contribution is 2.19. The summed E-state index contributed by atoms with van der Waals surface area (Å²) in [5.41, 5.74) is 4.39. The fourth-order valence-corrected chi connectivity index (χ4v) is 3.40. The number of nitrogens with one attached hydrogen (secondary N) is 1. The number of benzene rings is 2. The second-order valence-corrected chi connectivity index (χ2v) is 7.72. The fraction of sp³-hybridized carbons (Fsp3) is 0.348. The number of anilines is 1. The van der Waals surface area contributed by atoms with Crippen LogP contribution in [0.25, 0.3) is 0 Å². The van der Waals surface area contributed by atoms with Gasteiger partial charge in [-0.2, -0.15) is 0 Å². The molecule has 0 aliphatic carbocycles. The zero-order chi connectivity index (χ0) is 21.1. The van der Waals surface area contributed by atoms with Crippen molar-refractivity contribution in [3.63, 3.8) is 0 Å². The third kappa shape index (κ3) is 4.47. The number of hydrogen-bond donors (Lipinski definition) is 1. The van der Waals surface area contributed by atoms with Crippen LogP contribution in [0.15, 0.2) is 42.5 Å². The monoisotopic (exact) mass is 393 g/mol. The Morgan fingerprint density at radius 2 is 1.69 bits per heavy atom. The molecule has 2 aromatic carbocycles. The van der Waals surface area contributed by atoms with E-state index >= 15 is 0 Å². The van der Waals surface area contributed by atoms with Crippen molar-refractivity contribution in [1.82, 2.24) is 9.80 Å². The lowest BCUT2D eigenvalue weighted by atomic mass is 10.1. The Kier molecular flexibility index (Phi) is 6.01. The average molecular weight is 393 g/mol. The van der Waals surface area contributed by atoms with Crippen molar-refractivity contribution in [1.29, 1.82) is 0 Å². The Labute approximate surface area is 171 Å². The first kappa shape index (κ1) is 20.6. The minimum atomic E-state index is -0.471. The summed E-state index contributed by atoms with van der Waals surface area (Å²) >= 11 is 0. The summed E-state index contributed by atoms with van der Waals surface area (Å²) < 4.78 is 0. The maximum Gasteiger partial charge on any atom is 0.312 e. The second-order valence-electron chi connectivity index (χ2n) is 7.72. The molecule has 0 spiro atoms. The van der Waals surface area contributed by atoms with Crippen molar-refractivity contribution in [3.05, 3.63) is 64.7 Å². The van der Waals surface area contributed by atoms with E-state index in [-0.39, 0.29) is 11.9 Å². The molecule has 0 unspecified atom stereocenters. The number of rotatable bonds is 5. The number of aryl methyl sites for hydroxylation is 1. The number of hydrogen-bond acceptors (Lipinski definition) is 3. The Morgan fingerprint density at radius 1 is 1.00 bits per heavy atom. The fourth-order valence-electron chi connectivity index (χ4n) is 3.40. The molecule has 3 rings (SSSR count). The van der Waals surface area contributed by atoms with Gasteiger partial charge >= 0.3 is 11.8 Å². The maximum absolute atomic E-state index is 12.5. The molecule has 2 aromatic rings. The smallest absolute Gasteiger partial charge is 0.312 e. The number of amides is 3. The Hall–Kier alpha value is -3.15. The quantitative estimate of drug-likeness (QED) is 0.794. The third-order valence-corrected chi connectivity index (χ3v) is 5.41. The minimum Gasteiger partial charge on any atom is -0.330 e. The van der Waals surface area contributed by atoms with Crippen LogP contribution in [0, 0.1) is 13.8 Å². The summed E-state index contributed by atoms with van der Waals surface area (Å²) in [6, 6.07) is 13.0. The molecule has 29 heavy (non-hydrogen) atoms. The van der Waals surface area contributed by atoms with Crippen LogP contribution < -0.4 is 5.32 Å². The molecular formula is C23H27N3O3. The van der Waals surface area contributed by atoms with Crippen LogP contribution in [-0.4, -0.2) is 46.7 Å². The first-order valence-electron chi connectivity index (χ1n) is 9.84. The van der Waals surface area contributed by atoms with E-state index < -0.39 is 11.8 Å². The third-order valence-electron chi connectivity index (χ3n) is 5.41. The van der Waals surface area contributed by atoms with Gasteiger partial charge in [0.15, 0.2) is 0 Å². The molecule has 152 valence electrons.